The number of rotatable bonds is 8. The molecule has 6 nitrogen and oxygen atoms in total. The smallest absolute Gasteiger partial charge is 0.282 e. The van der Waals surface area contributed by atoms with Gasteiger partial charge in [-0.05, 0) is 48.7 Å². The molecular weight excluding hydrogens is 416 g/mol. The van der Waals surface area contributed by atoms with Crippen molar-refractivity contribution in [3.05, 3.63) is 89.6 Å². The number of carbonyl (C=O) groups excluding carboxylic acids is 2. The van der Waals surface area contributed by atoms with E-state index < -0.39 is 11.8 Å². The minimum Gasteiger partial charge on any atom is -0.495 e. The molecule has 1 aliphatic rings. The van der Waals surface area contributed by atoms with Crippen LogP contribution in [0.5, 0.6) is 11.5 Å². The molecule has 0 fully saturated rings. The number of nitrogens with zero attached hydrogens (tertiary/aromatic N) is 1. The van der Waals surface area contributed by atoms with Crippen LogP contribution in [0.2, 0.25) is 0 Å². The first-order valence-electron chi connectivity index (χ1n) is 10.9. The van der Waals surface area contributed by atoms with E-state index in [4.69, 9.17) is 9.47 Å². The molecule has 1 aliphatic heterocycles. The summed E-state index contributed by atoms with van der Waals surface area (Å²) in [7, 11) is 1.52. The molecule has 0 atom stereocenters. The largest absolute Gasteiger partial charge is 0.495 e. The number of hydrogen-bond donors (Lipinski definition) is 1. The van der Waals surface area contributed by atoms with Crippen LogP contribution in [0, 0.1) is 6.92 Å². The summed E-state index contributed by atoms with van der Waals surface area (Å²) in [6, 6.07) is 22.0. The van der Waals surface area contributed by atoms with Crippen LogP contribution in [-0.4, -0.2) is 25.5 Å². The minimum atomic E-state index is -0.442. The topological polar surface area (TPSA) is 67.9 Å². The molecule has 33 heavy (non-hydrogen) atoms. The monoisotopic (exact) mass is 442 g/mol. The van der Waals surface area contributed by atoms with Crippen LogP contribution >= 0.6 is 0 Å². The maximum Gasteiger partial charge on any atom is 0.282 e. The van der Waals surface area contributed by atoms with Crippen LogP contribution in [0.4, 0.5) is 11.4 Å². The summed E-state index contributed by atoms with van der Waals surface area (Å²) in [6.07, 6.45) is 0.890. The molecule has 0 unspecified atom stereocenters. The minimum absolute atomic E-state index is 0.211. The highest BCUT2D eigenvalue weighted by atomic mass is 16.5. The number of ether oxygens (including phenoxy) is 2. The van der Waals surface area contributed by atoms with Crippen molar-refractivity contribution in [1.82, 2.24) is 0 Å². The summed E-state index contributed by atoms with van der Waals surface area (Å²) in [4.78, 5) is 28.4. The summed E-state index contributed by atoms with van der Waals surface area (Å²) in [6.45, 7) is 4.54. The predicted molar refractivity (Wildman–Crippen MR) is 129 cm³/mol. The zero-order chi connectivity index (χ0) is 23.4. The van der Waals surface area contributed by atoms with Gasteiger partial charge in [0.2, 0.25) is 0 Å². The van der Waals surface area contributed by atoms with Gasteiger partial charge in [-0.15, -0.1) is 0 Å². The molecule has 3 aromatic carbocycles. The second-order valence-electron chi connectivity index (χ2n) is 7.74. The van der Waals surface area contributed by atoms with Gasteiger partial charge < -0.3 is 14.8 Å². The molecule has 168 valence electrons. The van der Waals surface area contributed by atoms with Crippen molar-refractivity contribution in [3.8, 4) is 11.5 Å². The first-order chi connectivity index (χ1) is 16.0. The van der Waals surface area contributed by atoms with E-state index in [1.807, 2.05) is 74.5 Å². The highest BCUT2D eigenvalue weighted by Gasteiger charge is 2.41. The number of aryl methyl sites for hydroxylation is 1. The lowest BCUT2D eigenvalue weighted by Crippen LogP contribution is -2.32. The molecule has 6 heteroatoms. The second kappa shape index (κ2) is 9.61. The third-order valence-electron chi connectivity index (χ3n) is 5.30. The lowest BCUT2D eigenvalue weighted by molar-refractivity contribution is -0.120. The second-order valence-corrected chi connectivity index (χ2v) is 7.74. The van der Waals surface area contributed by atoms with Crippen molar-refractivity contribution in [3.63, 3.8) is 0 Å². The van der Waals surface area contributed by atoms with Gasteiger partial charge in [-0.1, -0.05) is 49.4 Å². The first kappa shape index (κ1) is 22.1. The standard InChI is InChI=1S/C27H26N2O4/c1-4-15-33-21-12-8-11-20(17-21)28-25-24(19-9-6-5-7-10-19)26(30)29(27(25)31)22-16-18(2)13-14-23(22)32-3/h5-14,16-17,28H,4,15H2,1-3H3. The SMILES string of the molecule is CCCOc1cccc(NC2=C(c3ccccc3)C(=O)N(c3cc(C)ccc3OC)C2=O)c1. The number of carbonyl (C=O) groups is 2. The quantitative estimate of drug-likeness (QED) is 0.487. The number of hydrogen-bond acceptors (Lipinski definition) is 5. The van der Waals surface area contributed by atoms with Gasteiger partial charge >= 0.3 is 0 Å². The van der Waals surface area contributed by atoms with Crippen molar-refractivity contribution in [2.24, 2.45) is 0 Å². The molecular formula is C27H26N2O4. The lowest BCUT2D eigenvalue weighted by Gasteiger charge is -2.19. The van der Waals surface area contributed by atoms with Crippen LogP contribution in [0.15, 0.2) is 78.5 Å². The molecule has 3 aromatic rings. The van der Waals surface area contributed by atoms with Crippen LogP contribution in [0.3, 0.4) is 0 Å². The molecule has 4 rings (SSSR count). The van der Waals surface area contributed by atoms with Gasteiger partial charge in [0.15, 0.2) is 0 Å². The Balaban J connectivity index is 1.79. The summed E-state index contributed by atoms with van der Waals surface area (Å²) in [5.41, 5.74) is 3.16. The molecule has 0 saturated carbocycles. The molecule has 0 bridgehead atoms. The van der Waals surface area contributed by atoms with Crippen LogP contribution < -0.4 is 19.7 Å². The van der Waals surface area contributed by atoms with E-state index in [0.717, 1.165) is 12.0 Å². The average Bonchev–Trinajstić information content (AvgIpc) is 3.07. The van der Waals surface area contributed by atoms with Gasteiger partial charge in [-0.25, -0.2) is 4.90 Å². The van der Waals surface area contributed by atoms with Gasteiger partial charge in [0.05, 0.1) is 25.0 Å². The van der Waals surface area contributed by atoms with Crippen LogP contribution in [-0.2, 0) is 9.59 Å². The normalized spacial score (nSPS) is 13.5. The zero-order valence-corrected chi connectivity index (χ0v) is 18.9. The third-order valence-corrected chi connectivity index (χ3v) is 5.30. The fourth-order valence-corrected chi connectivity index (χ4v) is 3.74. The predicted octanol–water partition coefficient (Wildman–Crippen LogP) is 5.19. The van der Waals surface area contributed by atoms with Crippen LogP contribution in [0.25, 0.3) is 5.57 Å². The Hall–Kier alpha value is -4.06. The molecule has 0 aliphatic carbocycles. The fraction of sp³-hybridized carbons (Fsp3) is 0.185. The van der Waals surface area contributed by atoms with Crippen molar-refractivity contribution in [2.75, 3.05) is 23.9 Å². The molecule has 1 heterocycles. The maximum absolute atomic E-state index is 13.6. The lowest BCUT2D eigenvalue weighted by atomic mass is 10.0. The van der Waals surface area contributed by atoms with Gasteiger partial charge in [-0.2, -0.15) is 0 Å². The maximum atomic E-state index is 13.6. The van der Waals surface area contributed by atoms with E-state index in [1.165, 1.54) is 12.0 Å². The Morgan fingerprint density at radius 1 is 0.909 bits per heavy atom. The summed E-state index contributed by atoms with van der Waals surface area (Å²) < 4.78 is 11.2. The number of amides is 2. The molecule has 0 aromatic heterocycles. The van der Waals surface area contributed by atoms with E-state index in [2.05, 4.69) is 5.32 Å². The molecule has 0 saturated heterocycles. The fourth-order valence-electron chi connectivity index (χ4n) is 3.74. The Labute approximate surface area is 193 Å². The van der Waals surface area contributed by atoms with Crippen molar-refractivity contribution in [2.45, 2.75) is 20.3 Å². The Morgan fingerprint density at radius 3 is 2.42 bits per heavy atom. The number of methoxy groups -OCH3 is 1. The average molecular weight is 443 g/mol. The highest BCUT2D eigenvalue weighted by Crippen LogP contribution is 2.38. The number of nitrogens with one attached hydrogen (secondary N) is 1. The molecule has 0 radical (unpaired) electrons. The molecule has 2 amide bonds. The Kier molecular flexibility index (Phi) is 6.45. The highest BCUT2D eigenvalue weighted by molar-refractivity contribution is 6.46. The number of imide groups is 1. The number of benzene rings is 3. The third kappa shape index (κ3) is 4.46. The van der Waals surface area contributed by atoms with Gasteiger partial charge in [0, 0.05) is 11.8 Å². The Morgan fingerprint density at radius 2 is 1.70 bits per heavy atom. The van der Waals surface area contributed by atoms with E-state index in [1.54, 1.807) is 12.1 Å². The van der Waals surface area contributed by atoms with E-state index >= 15 is 0 Å². The number of anilines is 2. The van der Waals surface area contributed by atoms with E-state index in [9.17, 15) is 9.59 Å². The summed E-state index contributed by atoms with van der Waals surface area (Å²) >= 11 is 0. The van der Waals surface area contributed by atoms with E-state index in [0.29, 0.717) is 40.6 Å². The first-order valence-corrected chi connectivity index (χ1v) is 10.9. The van der Waals surface area contributed by atoms with E-state index in [-0.39, 0.29) is 5.70 Å². The van der Waals surface area contributed by atoms with Gasteiger partial charge in [-0.3, -0.25) is 9.59 Å². The van der Waals surface area contributed by atoms with Crippen molar-refractivity contribution < 1.29 is 19.1 Å². The molecule has 0 spiro atoms. The van der Waals surface area contributed by atoms with Gasteiger partial charge in [0.25, 0.3) is 11.8 Å². The van der Waals surface area contributed by atoms with Gasteiger partial charge in [0.1, 0.15) is 17.2 Å². The summed E-state index contributed by atoms with van der Waals surface area (Å²) in [5.74, 6) is 0.294. The molecule has 1 N–H and O–H groups in total. The summed E-state index contributed by atoms with van der Waals surface area (Å²) in [5, 5.41) is 3.19. The Bertz CT molecular complexity index is 1220. The van der Waals surface area contributed by atoms with Crippen LogP contribution in [0.1, 0.15) is 24.5 Å². The zero-order valence-electron chi connectivity index (χ0n) is 18.9. The van der Waals surface area contributed by atoms with Crippen molar-refractivity contribution in [1.29, 1.82) is 0 Å². The van der Waals surface area contributed by atoms with Crippen molar-refractivity contribution >= 4 is 28.8 Å².